The number of nitrogens with two attached hydrogens (primary N) is 1. The van der Waals surface area contributed by atoms with Crippen LogP contribution in [0.25, 0.3) is 0 Å². The highest BCUT2D eigenvalue weighted by Crippen LogP contribution is 2.34. The third kappa shape index (κ3) is 2.18. The molecule has 1 heterocycles. The first-order valence-electron chi connectivity index (χ1n) is 3.83. The summed E-state index contributed by atoms with van der Waals surface area (Å²) in [7, 11) is 0. The lowest BCUT2D eigenvalue weighted by molar-refractivity contribution is -0.141. The van der Waals surface area contributed by atoms with E-state index in [9.17, 15) is 22.0 Å². The first-order valence-corrected chi connectivity index (χ1v) is 3.83. The molecule has 0 saturated carbocycles. The summed E-state index contributed by atoms with van der Waals surface area (Å²) in [6.45, 7) is 0. The quantitative estimate of drug-likeness (QED) is 0.763. The van der Waals surface area contributed by atoms with Crippen LogP contribution in [0.5, 0.6) is 0 Å². The molecule has 1 aromatic heterocycles. The molecule has 0 spiro atoms. The average Bonchev–Trinajstić information content (AvgIpc) is 2.14. The summed E-state index contributed by atoms with van der Waals surface area (Å²) in [6, 6.07) is 1.74. The van der Waals surface area contributed by atoms with E-state index in [1.165, 1.54) is 6.07 Å². The number of alkyl halides is 5. The first-order chi connectivity index (χ1) is 7.27. The van der Waals surface area contributed by atoms with Crippen LogP contribution in [-0.2, 0) is 6.18 Å². The zero-order chi connectivity index (χ0) is 12.5. The second-order valence-corrected chi connectivity index (χ2v) is 2.77. The molecule has 0 amide bonds. The molecule has 2 N–H and O–H groups in total. The van der Waals surface area contributed by atoms with Gasteiger partial charge in [-0.25, -0.2) is 13.8 Å². The van der Waals surface area contributed by atoms with Crippen LogP contribution in [0, 0.1) is 11.3 Å². The Morgan fingerprint density at radius 2 is 1.94 bits per heavy atom. The Bertz CT molecular complexity index is 446. The van der Waals surface area contributed by atoms with Crippen LogP contribution >= 0.6 is 0 Å². The number of halogens is 5. The normalized spacial score (nSPS) is 11.6. The van der Waals surface area contributed by atoms with E-state index in [0.717, 1.165) is 0 Å². The van der Waals surface area contributed by atoms with Crippen molar-refractivity contribution < 1.29 is 22.0 Å². The highest BCUT2D eigenvalue weighted by Gasteiger charge is 2.37. The van der Waals surface area contributed by atoms with Crippen molar-refractivity contribution in [3.63, 3.8) is 0 Å². The minimum absolute atomic E-state index is 0.554. The number of hydrogen-bond donors (Lipinski definition) is 1. The van der Waals surface area contributed by atoms with Crippen molar-refractivity contribution in [1.82, 2.24) is 4.98 Å². The number of aromatic nitrogens is 1. The number of rotatable bonds is 1. The van der Waals surface area contributed by atoms with Crippen LogP contribution in [0.3, 0.4) is 0 Å². The molecule has 3 nitrogen and oxygen atoms in total. The summed E-state index contributed by atoms with van der Waals surface area (Å²) in [5, 5.41) is 8.43. The lowest BCUT2D eigenvalue weighted by Crippen LogP contribution is -2.14. The van der Waals surface area contributed by atoms with Crippen molar-refractivity contribution in [2.75, 3.05) is 5.73 Å². The van der Waals surface area contributed by atoms with Gasteiger partial charge < -0.3 is 5.73 Å². The molecule has 0 aliphatic carbocycles. The predicted molar refractivity (Wildman–Crippen MR) is 43.3 cm³/mol. The average molecular weight is 237 g/mol. The van der Waals surface area contributed by atoms with E-state index in [1.54, 1.807) is 0 Å². The smallest absolute Gasteiger partial charge is 0.398 e. The standard InChI is InChI=1S/C8H4F5N3/c9-7(10)5-1-4(15)3(2-14)6(16-5)8(11,12)13/h1,7H,(H2,15,16). The van der Waals surface area contributed by atoms with Gasteiger partial charge in [0.15, 0.2) is 5.69 Å². The van der Waals surface area contributed by atoms with Crippen LogP contribution in [0.4, 0.5) is 27.6 Å². The first kappa shape index (κ1) is 12.2. The van der Waals surface area contributed by atoms with Crippen molar-refractivity contribution in [2.45, 2.75) is 12.6 Å². The van der Waals surface area contributed by atoms with Crippen molar-refractivity contribution in [2.24, 2.45) is 0 Å². The molecule has 1 aromatic rings. The minimum Gasteiger partial charge on any atom is -0.398 e. The Hall–Kier alpha value is -1.91. The lowest BCUT2D eigenvalue weighted by Gasteiger charge is -2.11. The summed E-state index contributed by atoms with van der Waals surface area (Å²) >= 11 is 0. The summed E-state index contributed by atoms with van der Waals surface area (Å²) in [4.78, 5) is 2.70. The molecule has 0 radical (unpaired) electrons. The van der Waals surface area contributed by atoms with Gasteiger partial charge in [0.2, 0.25) is 0 Å². The zero-order valence-corrected chi connectivity index (χ0v) is 7.52. The molecule has 0 atom stereocenters. The number of pyridine rings is 1. The van der Waals surface area contributed by atoms with Gasteiger partial charge in [0, 0.05) is 0 Å². The fourth-order valence-electron chi connectivity index (χ4n) is 1.02. The van der Waals surface area contributed by atoms with E-state index in [4.69, 9.17) is 11.0 Å². The molecular weight excluding hydrogens is 233 g/mol. The zero-order valence-electron chi connectivity index (χ0n) is 7.52. The Morgan fingerprint density at radius 1 is 1.38 bits per heavy atom. The number of nitrogen functional groups attached to an aromatic ring is 1. The molecule has 0 fully saturated rings. The van der Waals surface area contributed by atoms with E-state index in [2.05, 4.69) is 4.98 Å². The summed E-state index contributed by atoms with van der Waals surface area (Å²) in [5.74, 6) is 0. The summed E-state index contributed by atoms with van der Waals surface area (Å²) in [6.07, 6.45) is -8.18. The molecule has 0 aliphatic rings. The highest BCUT2D eigenvalue weighted by molar-refractivity contribution is 5.57. The molecular formula is C8H4F5N3. The Balaban J connectivity index is 3.51. The predicted octanol–water partition coefficient (Wildman–Crippen LogP) is 2.49. The SMILES string of the molecule is N#Cc1c(N)cc(C(F)F)nc1C(F)(F)F. The Morgan fingerprint density at radius 3 is 2.31 bits per heavy atom. The molecule has 86 valence electrons. The third-order valence-electron chi connectivity index (χ3n) is 1.67. The maximum atomic E-state index is 12.3. The molecule has 0 bridgehead atoms. The fourth-order valence-corrected chi connectivity index (χ4v) is 1.02. The second-order valence-electron chi connectivity index (χ2n) is 2.77. The molecule has 0 aliphatic heterocycles. The maximum absolute atomic E-state index is 12.3. The minimum atomic E-state index is -5.00. The lowest BCUT2D eigenvalue weighted by atomic mass is 10.1. The largest absolute Gasteiger partial charge is 0.434 e. The van der Waals surface area contributed by atoms with Crippen molar-refractivity contribution in [1.29, 1.82) is 5.26 Å². The van der Waals surface area contributed by atoms with Crippen LogP contribution in [0.15, 0.2) is 6.07 Å². The fraction of sp³-hybridized carbons (Fsp3) is 0.250. The third-order valence-corrected chi connectivity index (χ3v) is 1.67. The Kier molecular flexibility index (Phi) is 2.98. The summed E-state index contributed by atoms with van der Waals surface area (Å²) in [5.41, 5.74) is 0.660. The number of anilines is 1. The molecule has 0 aromatic carbocycles. The van der Waals surface area contributed by atoms with Crippen molar-refractivity contribution in [3.05, 3.63) is 23.0 Å². The number of nitrogens with zero attached hydrogens (tertiary/aromatic N) is 2. The van der Waals surface area contributed by atoms with Crippen molar-refractivity contribution >= 4 is 5.69 Å². The molecule has 1 rings (SSSR count). The second kappa shape index (κ2) is 3.92. The van der Waals surface area contributed by atoms with E-state index < -0.39 is 35.2 Å². The van der Waals surface area contributed by atoms with Crippen molar-refractivity contribution in [3.8, 4) is 6.07 Å². The van der Waals surface area contributed by atoms with Gasteiger partial charge in [0.1, 0.15) is 17.3 Å². The molecule has 0 saturated heterocycles. The van der Waals surface area contributed by atoms with E-state index in [1.807, 2.05) is 0 Å². The topological polar surface area (TPSA) is 62.7 Å². The van der Waals surface area contributed by atoms with Gasteiger partial charge in [0.25, 0.3) is 6.43 Å². The number of hydrogen-bond acceptors (Lipinski definition) is 3. The van der Waals surface area contributed by atoms with Crippen LogP contribution in [0.2, 0.25) is 0 Å². The maximum Gasteiger partial charge on any atom is 0.434 e. The highest BCUT2D eigenvalue weighted by atomic mass is 19.4. The van der Waals surface area contributed by atoms with Crippen LogP contribution in [-0.4, -0.2) is 4.98 Å². The van der Waals surface area contributed by atoms with E-state index in [-0.39, 0.29) is 0 Å². The number of nitriles is 1. The van der Waals surface area contributed by atoms with Gasteiger partial charge in [-0.15, -0.1) is 0 Å². The van der Waals surface area contributed by atoms with Crippen LogP contribution in [0.1, 0.15) is 23.4 Å². The monoisotopic (exact) mass is 237 g/mol. The van der Waals surface area contributed by atoms with E-state index in [0.29, 0.717) is 6.07 Å². The van der Waals surface area contributed by atoms with Gasteiger partial charge in [-0.1, -0.05) is 0 Å². The molecule has 8 heteroatoms. The Labute approximate surface area is 86.3 Å². The van der Waals surface area contributed by atoms with Gasteiger partial charge in [-0.3, -0.25) is 0 Å². The van der Waals surface area contributed by atoms with Gasteiger partial charge in [-0.05, 0) is 6.07 Å². The van der Waals surface area contributed by atoms with Gasteiger partial charge in [0.05, 0.1) is 5.69 Å². The van der Waals surface area contributed by atoms with Gasteiger partial charge >= 0.3 is 6.18 Å². The van der Waals surface area contributed by atoms with E-state index >= 15 is 0 Å². The molecule has 0 unspecified atom stereocenters. The molecule has 16 heavy (non-hydrogen) atoms. The summed E-state index contributed by atoms with van der Waals surface area (Å²) < 4.78 is 61.4. The van der Waals surface area contributed by atoms with Crippen LogP contribution < -0.4 is 5.73 Å². The van der Waals surface area contributed by atoms with Gasteiger partial charge in [-0.2, -0.15) is 18.4 Å².